The molecule has 1 aromatic carbocycles. The van der Waals surface area contributed by atoms with Crippen molar-refractivity contribution in [1.29, 1.82) is 0 Å². The molecule has 1 saturated heterocycles. The highest BCUT2D eigenvalue weighted by Gasteiger charge is 2.31. The Labute approximate surface area is 210 Å². The molecule has 0 aliphatic carbocycles. The zero-order valence-corrected chi connectivity index (χ0v) is 21.6. The molecule has 3 aromatic rings. The minimum absolute atomic E-state index is 0.0254. The first-order valence-electron chi connectivity index (χ1n) is 12.2. The van der Waals surface area contributed by atoms with Crippen molar-refractivity contribution in [3.8, 4) is 5.00 Å². The van der Waals surface area contributed by atoms with Gasteiger partial charge in [-0.1, -0.05) is 29.8 Å². The number of rotatable bonds is 6. The number of carbonyl (C=O) groups is 1. The molecule has 1 N–H and O–H groups in total. The SMILES string of the molecule is Cc1ccc(C2=N[C@@H](CNC(=O)CCN3CCOCC3)c3nnc(C)n3-c3sc(C)c(C)c32)cc1. The predicted molar refractivity (Wildman–Crippen MR) is 138 cm³/mol. The van der Waals surface area contributed by atoms with Gasteiger partial charge in [0.2, 0.25) is 5.91 Å². The highest BCUT2D eigenvalue weighted by atomic mass is 32.1. The third-order valence-electron chi connectivity index (χ3n) is 6.82. The van der Waals surface area contributed by atoms with E-state index in [0.717, 1.165) is 66.3 Å². The average molecular weight is 493 g/mol. The van der Waals surface area contributed by atoms with E-state index in [2.05, 4.69) is 70.0 Å². The molecule has 0 saturated carbocycles. The molecule has 0 spiro atoms. The highest BCUT2D eigenvalue weighted by Crippen LogP contribution is 2.38. The summed E-state index contributed by atoms with van der Waals surface area (Å²) in [5, 5.41) is 13.1. The maximum absolute atomic E-state index is 12.7. The summed E-state index contributed by atoms with van der Waals surface area (Å²) in [4.78, 5) is 21.5. The lowest BCUT2D eigenvalue weighted by molar-refractivity contribution is -0.121. The van der Waals surface area contributed by atoms with Gasteiger partial charge in [0.05, 0.1) is 18.9 Å². The molecule has 5 rings (SSSR count). The number of morpholine rings is 1. The Bertz CT molecular complexity index is 1250. The molecule has 8 nitrogen and oxygen atoms in total. The van der Waals surface area contributed by atoms with Crippen molar-refractivity contribution < 1.29 is 9.53 Å². The Kier molecular flexibility index (Phi) is 6.82. The Morgan fingerprint density at radius 3 is 2.60 bits per heavy atom. The minimum Gasteiger partial charge on any atom is -0.379 e. The smallest absolute Gasteiger partial charge is 0.221 e. The summed E-state index contributed by atoms with van der Waals surface area (Å²) in [6.45, 7) is 12.7. The number of benzene rings is 1. The molecule has 1 amide bonds. The lowest BCUT2D eigenvalue weighted by Crippen LogP contribution is -2.39. The Hall–Kier alpha value is -2.88. The number of aliphatic imine (C=N–C) groups is 1. The molecule has 2 aromatic heterocycles. The Morgan fingerprint density at radius 2 is 1.86 bits per heavy atom. The number of fused-ring (bicyclic) bond motifs is 3. The van der Waals surface area contributed by atoms with E-state index >= 15 is 0 Å². The highest BCUT2D eigenvalue weighted by molar-refractivity contribution is 7.15. The third kappa shape index (κ3) is 4.80. The lowest BCUT2D eigenvalue weighted by atomic mass is 9.99. The van der Waals surface area contributed by atoms with Crippen molar-refractivity contribution in [1.82, 2.24) is 25.0 Å². The number of aryl methyl sites for hydroxylation is 3. The van der Waals surface area contributed by atoms with Crippen molar-refractivity contribution >= 4 is 23.0 Å². The summed E-state index contributed by atoms with van der Waals surface area (Å²) in [5.41, 5.74) is 5.57. The van der Waals surface area contributed by atoms with Gasteiger partial charge in [-0.05, 0) is 33.3 Å². The summed E-state index contributed by atoms with van der Waals surface area (Å²) in [6.07, 6.45) is 0.457. The molecule has 35 heavy (non-hydrogen) atoms. The van der Waals surface area contributed by atoms with Gasteiger partial charge in [0.1, 0.15) is 16.9 Å². The van der Waals surface area contributed by atoms with Crippen LogP contribution in [0.4, 0.5) is 0 Å². The fourth-order valence-corrected chi connectivity index (χ4v) is 5.83. The summed E-state index contributed by atoms with van der Waals surface area (Å²) >= 11 is 1.74. The number of nitrogens with zero attached hydrogens (tertiary/aromatic N) is 5. The number of amides is 1. The number of aromatic nitrogens is 3. The molecular formula is C26H32N6O2S. The van der Waals surface area contributed by atoms with Crippen LogP contribution in [0.25, 0.3) is 5.00 Å². The van der Waals surface area contributed by atoms with Crippen LogP contribution in [-0.4, -0.2) is 70.7 Å². The molecule has 2 aliphatic heterocycles. The van der Waals surface area contributed by atoms with Crippen LogP contribution in [0.1, 0.15) is 51.2 Å². The van der Waals surface area contributed by atoms with Gasteiger partial charge in [-0.25, -0.2) is 0 Å². The zero-order chi connectivity index (χ0) is 24.5. The summed E-state index contributed by atoms with van der Waals surface area (Å²) in [7, 11) is 0. The van der Waals surface area contributed by atoms with Crippen molar-refractivity contribution in [2.45, 2.75) is 40.2 Å². The van der Waals surface area contributed by atoms with Crippen molar-refractivity contribution in [3.05, 3.63) is 63.0 Å². The van der Waals surface area contributed by atoms with Gasteiger partial charge in [-0.3, -0.25) is 19.3 Å². The van der Waals surface area contributed by atoms with Crippen molar-refractivity contribution in [2.75, 3.05) is 39.4 Å². The number of carbonyl (C=O) groups excluding carboxylic acids is 1. The van der Waals surface area contributed by atoms with E-state index in [1.54, 1.807) is 11.3 Å². The summed E-state index contributed by atoms with van der Waals surface area (Å²) in [5.74, 6) is 1.62. The number of hydrogen-bond donors (Lipinski definition) is 1. The van der Waals surface area contributed by atoms with Crippen molar-refractivity contribution in [2.24, 2.45) is 4.99 Å². The fraction of sp³-hybridized carbons (Fsp3) is 0.462. The molecule has 9 heteroatoms. The Balaban J connectivity index is 1.45. The quantitative estimate of drug-likeness (QED) is 0.571. The van der Waals surface area contributed by atoms with Gasteiger partial charge in [0.25, 0.3) is 0 Å². The summed E-state index contributed by atoms with van der Waals surface area (Å²) < 4.78 is 7.52. The van der Waals surface area contributed by atoms with Crippen LogP contribution < -0.4 is 5.32 Å². The molecule has 0 unspecified atom stereocenters. The molecule has 2 aliphatic rings. The normalized spacial score (nSPS) is 17.9. The molecule has 0 bridgehead atoms. The topological polar surface area (TPSA) is 84.6 Å². The summed E-state index contributed by atoms with van der Waals surface area (Å²) in [6, 6.07) is 8.15. The number of hydrogen-bond acceptors (Lipinski definition) is 7. The largest absolute Gasteiger partial charge is 0.379 e. The van der Waals surface area contributed by atoms with Gasteiger partial charge in [-0.2, -0.15) is 0 Å². The first kappa shape index (κ1) is 23.8. The van der Waals surface area contributed by atoms with E-state index in [1.165, 1.54) is 16.0 Å². The van der Waals surface area contributed by atoms with Gasteiger partial charge >= 0.3 is 0 Å². The molecule has 4 heterocycles. The maximum Gasteiger partial charge on any atom is 0.221 e. The first-order valence-corrected chi connectivity index (χ1v) is 13.0. The van der Waals surface area contributed by atoms with E-state index in [9.17, 15) is 4.79 Å². The van der Waals surface area contributed by atoms with Gasteiger partial charge in [-0.15, -0.1) is 21.5 Å². The second-order valence-electron chi connectivity index (χ2n) is 9.27. The van der Waals surface area contributed by atoms with Crippen molar-refractivity contribution in [3.63, 3.8) is 0 Å². The minimum atomic E-state index is -0.334. The molecule has 1 atom stereocenters. The van der Waals surface area contributed by atoms with Gasteiger partial charge in [0, 0.05) is 48.6 Å². The number of thiophene rings is 1. The molecule has 184 valence electrons. The monoisotopic (exact) mass is 492 g/mol. The second-order valence-corrected chi connectivity index (χ2v) is 10.5. The van der Waals surface area contributed by atoms with Gasteiger partial charge in [0.15, 0.2) is 5.82 Å². The molecule has 1 fully saturated rings. The van der Waals surface area contributed by atoms with E-state index in [-0.39, 0.29) is 11.9 Å². The standard InChI is InChI=1S/C26H32N6O2S/c1-16-5-7-20(8-6-16)24-23-17(2)18(3)35-26(23)32-19(4)29-30-25(32)21(28-24)15-27-22(33)9-10-31-11-13-34-14-12-31/h5-8,21H,9-15H2,1-4H3,(H,27,33)/t21-/m0/s1. The number of nitrogens with one attached hydrogen (secondary N) is 1. The van der Waals surface area contributed by atoms with E-state index < -0.39 is 0 Å². The van der Waals surface area contributed by atoms with Crippen LogP contribution in [0, 0.1) is 27.7 Å². The average Bonchev–Trinajstić information content (AvgIpc) is 3.33. The van der Waals surface area contributed by atoms with Crippen LogP contribution in [0.5, 0.6) is 0 Å². The van der Waals surface area contributed by atoms with E-state index in [0.29, 0.717) is 13.0 Å². The lowest BCUT2D eigenvalue weighted by Gasteiger charge is -2.26. The molecule has 0 radical (unpaired) electrons. The van der Waals surface area contributed by atoms with Crippen LogP contribution >= 0.6 is 11.3 Å². The Morgan fingerprint density at radius 1 is 1.11 bits per heavy atom. The molecular weight excluding hydrogens is 460 g/mol. The fourth-order valence-electron chi connectivity index (χ4n) is 4.62. The zero-order valence-electron chi connectivity index (χ0n) is 20.8. The van der Waals surface area contributed by atoms with Crippen LogP contribution in [0.2, 0.25) is 0 Å². The number of ether oxygens (including phenoxy) is 1. The van der Waals surface area contributed by atoms with E-state index in [1.807, 2.05) is 6.92 Å². The predicted octanol–water partition coefficient (Wildman–Crippen LogP) is 3.29. The van der Waals surface area contributed by atoms with Crippen LogP contribution in [-0.2, 0) is 9.53 Å². The first-order chi connectivity index (χ1) is 16.9. The third-order valence-corrected chi connectivity index (χ3v) is 8.01. The van der Waals surface area contributed by atoms with Crippen LogP contribution in [0.15, 0.2) is 29.3 Å². The second kappa shape index (κ2) is 10.0. The van der Waals surface area contributed by atoms with E-state index in [4.69, 9.17) is 9.73 Å². The van der Waals surface area contributed by atoms with Gasteiger partial charge < -0.3 is 10.1 Å². The van der Waals surface area contributed by atoms with Crippen LogP contribution in [0.3, 0.4) is 0 Å². The maximum atomic E-state index is 12.7.